The Labute approximate surface area is 180 Å². The average molecular weight is 440 g/mol. The highest BCUT2D eigenvalue weighted by molar-refractivity contribution is 9.10. The van der Waals surface area contributed by atoms with Crippen LogP contribution in [0.25, 0.3) is 11.1 Å². The Hall–Kier alpha value is -2.84. The van der Waals surface area contributed by atoms with E-state index in [0.717, 1.165) is 4.47 Å². The molecule has 0 atom stereocenters. The Bertz CT molecular complexity index is 1160. The van der Waals surface area contributed by atoms with Crippen molar-refractivity contribution in [3.05, 3.63) is 113 Å². The Balaban J connectivity index is 1.83. The van der Waals surface area contributed by atoms with Gasteiger partial charge in [0, 0.05) is 15.5 Å². The monoisotopic (exact) mass is 439 g/mol. The van der Waals surface area contributed by atoms with E-state index >= 15 is 0 Å². The van der Waals surface area contributed by atoms with Crippen LogP contribution in [0.3, 0.4) is 0 Å². The van der Waals surface area contributed by atoms with Gasteiger partial charge in [0.15, 0.2) is 0 Å². The molecule has 5 rings (SSSR count). The van der Waals surface area contributed by atoms with E-state index in [1.165, 1.54) is 39.3 Å². The molecule has 0 unspecified atom stereocenters. The first-order valence-corrected chi connectivity index (χ1v) is 10.7. The highest BCUT2D eigenvalue weighted by Gasteiger charge is 2.36. The van der Waals surface area contributed by atoms with Crippen LogP contribution in [0.5, 0.6) is 0 Å². The second kappa shape index (κ2) is 6.89. The van der Waals surface area contributed by atoms with Crippen LogP contribution >= 0.6 is 15.9 Å². The second-order valence-electron chi connectivity index (χ2n) is 7.99. The summed E-state index contributed by atoms with van der Waals surface area (Å²) in [5.41, 5.74) is 8.74. The first-order chi connectivity index (χ1) is 14.1. The van der Waals surface area contributed by atoms with Gasteiger partial charge in [-0.15, -0.1) is 0 Å². The van der Waals surface area contributed by atoms with Crippen LogP contribution in [0, 0.1) is 0 Å². The molecule has 2 heteroatoms. The molecule has 1 aliphatic rings. The maximum Gasteiger partial charge on any atom is 0.0540 e. The van der Waals surface area contributed by atoms with Gasteiger partial charge in [0.1, 0.15) is 0 Å². The van der Waals surface area contributed by atoms with Gasteiger partial charge in [-0.3, -0.25) is 0 Å². The van der Waals surface area contributed by atoms with Crippen LogP contribution in [0.2, 0.25) is 0 Å². The van der Waals surface area contributed by atoms with Crippen molar-refractivity contribution in [1.29, 1.82) is 0 Å². The quantitative estimate of drug-likeness (QED) is 0.304. The van der Waals surface area contributed by atoms with Crippen molar-refractivity contribution >= 4 is 33.0 Å². The van der Waals surface area contributed by atoms with E-state index in [0.29, 0.717) is 0 Å². The van der Waals surface area contributed by atoms with E-state index in [-0.39, 0.29) is 5.41 Å². The maximum atomic E-state index is 3.75. The van der Waals surface area contributed by atoms with Crippen molar-refractivity contribution in [1.82, 2.24) is 0 Å². The van der Waals surface area contributed by atoms with E-state index in [1.54, 1.807) is 0 Å². The Morgan fingerprint density at radius 2 is 1.00 bits per heavy atom. The number of halogens is 1. The Morgan fingerprint density at radius 3 is 1.59 bits per heavy atom. The predicted molar refractivity (Wildman–Crippen MR) is 126 cm³/mol. The first-order valence-electron chi connectivity index (χ1n) is 9.92. The molecule has 0 radical (unpaired) electrons. The molecule has 142 valence electrons. The summed E-state index contributed by atoms with van der Waals surface area (Å²) in [5, 5.41) is 0. The topological polar surface area (TPSA) is 3.24 Å². The second-order valence-corrected chi connectivity index (χ2v) is 8.85. The molecule has 1 nitrogen and oxygen atoms in total. The van der Waals surface area contributed by atoms with Crippen molar-refractivity contribution in [2.75, 3.05) is 4.90 Å². The number of para-hydroxylation sites is 3. The van der Waals surface area contributed by atoms with Gasteiger partial charge in [-0.25, -0.2) is 0 Å². The highest BCUT2D eigenvalue weighted by atomic mass is 79.9. The van der Waals surface area contributed by atoms with E-state index in [4.69, 9.17) is 0 Å². The molecule has 0 aliphatic carbocycles. The lowest BCUT2D eigenvalue weighted by atomic mass is 9.73. The van der Waals surface area contributed by atoms with Gasteiger partial charge < -0.3 is 4.90 Å². The smallest absolute Gasteiger partial charge is 0.0540 e. The number of nitrogens with zero attached hydrogens (tertiary/aromatic N) is 1. The van der Waals surface area contributed by atoms with Crippen molar-refractivity contribution in [3.63, 3.8) is 0 Å². The van der Waals surface area contributed by atoms with Crippen LogP contribution in [0.15, 0.2) is 102 Å². The highest BCUT2D eigenvalue weighted by Crippen LogP contribution is 2.53. The fraction of sp³-hybridized carbons (Fsp3) is 0.111. The average Bonchev–Trinajstić information content (AvgIpc) is 2.75. The van der Waals surface area contributed by atoms with Gasteiger partial charge in [0.2, 0.25) is 0 Å². The van der Waals surface area contributed by atoms with Crippen LogP contribution in [0.1, 0.15) is 25.0 Å². The zero-order valence-corrected chi connectivity index (χ0v) is 18.1. The molecular formula is C27H22BrN. The molecule has 0 saturated carbocycles. The lowest BCUT2D eigenvalue weighted by Crippen LogP contribution is -2.30. The van der Waals surface area contributed by atoms with Gasteiger partial charge in [-0.1, -0.05) is 103 Å². The van der Waals surface area contributed by atoms with Crippen molar-refractivity contribution < 1.29 is 0 Å². The number of anilines is 3. The third-order valence-electron chi connectivity index (χ3n) is 5.95. The molecule has 0 fully saturated rings. The van der Waals surface area contributed by atoms with Crippen LogP contribution < -0.4 is 4.90 Å². The summed E-state index contributed by atoms with van der Waals surface area (Å²) in [6.45, 7) is 4.64. The summed E-state index contributed by atoms with van der Waals surface area (Å²) in [6, 6.07) is 34.7. The summed E-state index contributed by atoms with van der Waals surface area (Å²) in [4.78, 5) is 2.42. The fourth-order valence-electron chi connectivity index (χ4n) is 4.50. The Kier molecular flexibility index (Phi) is 4.33. The maximum absolute atomic E-state index is 3.75. The van der Waals surface area contributed by atoms with Crippen molar-refractivity contribution in [2.45, 2.75) is 19.3 Å². The van der Waals surface area contributed by atoms with E-state index in [2.05, 4.69) is 132 Å². The molecule has 0 amide bonds. The molecule has 1 aliphatic heterocycles. The SMILES string of the molecule is CC1(C)c2ccccc2N(c2ccccc2-c2ccccc2Br)c2ccccc21. The number of fused-ring (bicyclic) bond motifs is 2. The Morgan fingerprint density at radius 1 is 0.552 bits per heavy atom. The van der Waals surface area contributed by atoms with Crippen LogP contribution in [-0.4, -0.2) is 0 Å². The largest absolute Gasteiger partial charge is 0.309 e. The molecule has 1 heterocycles. The third kappa shape index (κ3) is 2.82. The molecule has 0 spiro atoms. The molecule has 4 aromatic carbocycles. The molecule has 4 aromatic rings. The normalized spacial score (nSPS) is 14.2. The summed E-state index contributed by atoms with van der Waals surface area (Å²) >= 11 is 3.75. The summed E-state index contributed by atoms with van der Waals surface area (Å²) < 4.78 is 1.10. The van der Waals surface area contributed by atoms with Crippen LogP contribution in [-0.2, 0) is 5.41 Å². The summed E-state index contributed by atoms with van der Waals surface area (Å²) in [6.07, 6.45) is 0. The fourth-order valence-corrected chi connectivity index (χ4v) is 5.00. The van der Waals surface area contributed by atoms with Crippen LogP contribution in [0.4, 0.5) is 17.1 Å². The summed E-state index contributed by atoms with van der Waals surface area (Å²) in [7, 11) is 0. The standard InChI is InChI=1S/C27H22BrN/c1-27(2)21-13-5-9-17-25(21)29(26-18-10-6-14-22(26)27)24-16-8-4-12-20(24)19-11-3-7-15-23(19)28/h3-18H,1-2H3. The zero-order chi connectivity index (χ0) is 20.0. The minimum Gasteiger partial charge on any atom is -0.309 e. The molecule has 0 N–H and O–H groups in total. The molecular weight excluding hydrogens is 418 g/mol. The lowest BCUT2D eigenvalue weighted by Gasteiger charge is -2.42. The van der Waals surface area contributed by atoms with Gasteiger partial charge >= 0.3 is 0 Å². The molecule has 29 heavy (non-hydrogen) atoms. The third-order valence-corrected chi connectivity index (χ3v) is 6.64. The molecule has 0 bridgehead atoms. The van der Waals surface area contributed by atoms with Gasteiger partial charge in [-0.05, 0) is 41.0 Å². The minimum atomic E-state index is -0.0496. The number of rotatable bonds is 2. The van der Waals surface area contributed by atoms with Gasteiger partial charge in [-0.2, -0.15) is 0 Å². The van der Waals surface area contributed by atoms with Gasteiger partial charge in [0.25, 0.3) is 0 Å². The number of benzene rings is 4. The first kappa shape index (κ1) is 18.2. The predicted octanol–water partition coefficient (Wildman–Crippen LogP) is 8.23. The van der Waals surface area contributed by atoms with Crippen molar-refractivity contribution in [2.24, 2.45) is 0 Å². The number of hydrogen-bond acceptors (Lipinski definition) is 1. The summed E-state index contributed by atoms with van der Waals surface area (Å²) in [5.74, 6) is 0. The van der Waals surface area contributed by atoms with Gasteiger partial charge in [0.05, 0.1) is 17.1 Å². The van der Waals surface area contributed by atoms with E-state index < -0.39 is 0 Å². The van der Waals surface area contributed by atoms with E-state index in [1.807, 2.05) is 0 Å². The zero-order valence-electron chi connectivity index (χ0n) is 16.6. The molecule has 0 aromatic heterocycles. The van der Waals surface area contributed by atoms with E-state index in [9.17, 15) is 0 Å². The lowest BCUT2D eigenvalue weighted by molar-refractivity contribution is 0.632. The minimum absolute atomic E-state index is 0.0496. The molecule has 0 saturated heterocycles. The van der Waals surface area contributed by atoms with Crippen molar-refractivity contribution in [3.8, 4) is 11.1 Å². The number of hydrogen-bond donors (Lipinski definition) is 0.